The van der Waals surface area contributed by atoms with E-state index in [4.69, 9.17) is 14.2 Å². The Kier molecular flexibility index (Phi) is 5.95. The lowest BCUT2D eigenvalue weighted by Crippen LogP contribution is -2.30. The molecule has 8 nitrogen and oxygen atoms in total. The molecule has 0 spiro atoms. The zero-order valence-electron chi connectivity index (χ0n) is 15.8. The van der Waals surface area contributed by atoms with Gasteiger partial charge in [-0.25, -0.2) is 0 Å². The lowest BCUT2D eigenvalue weighted by molar-refractivity contribution is 0.102. The Bertz CT molecular complexity index is 764. The number of nitrogens with zero attached hydrogens (tertiary/aromatic N) is 3. The number of methoxy groups -OCH3 is 3. The van der Waals surface area contributed by atoms with Gasteiger partial charge >= 0.3 is 0 Å². The van der Waals surface area contributed by atoms with Gasteiger partial charge in [0.15, 0.2) is 23.1 Å². The minimum absolute atomic E-state index is 0.339. The Morgan fingerprint density at radius 2 is 1.63 bits per heavy atom. The quantitative estimate of drug-likeness (QED) is 0.834. The molecule has 0 radical (unpaired) electrons. The van der Waals surface area contributed by atoms with Crippen LogP contribution in [0.25, 0.3) is 0 Å². The van der Waals surface area contributed by atoms with E-state index in [9.17, 15) is 4.79 Å². The van der Waals surface area contributed by atoms with Gasteiger partial charge in [0, 0.05) is 18.7 Å². The molecule has 1 aromatic carbocycles. The number of piperidine rings is 1. The molecule has 1 aromatic heterocycles. The number of hydrogen-bond acceptors (Lipinski definition) is 7. The van der Waals surface area contributed by atoms with Crippen LogP contribution in [0.3, 0.4) is 0 Å². The Morgan fingerprint density at radius 1 is 0.963 bits per heavy atom. The van der Waals surface area contributed by atoms with Crippen molar-refractivity contribution in [2.24, 2.45) is 0 Å². The first-order chi connectivity index (χ1) is 13.2. The maximum absolute atomic E-state index is 12.6. The van der Waals surface area contributed by atoms with Crippen LogP contribution in [-0.4, -0.2) is 50.5 Å². The molecule has 3 rings (SSSR count). The van der Waals surface area contributed by atoms with E-state index in [-0.39, 0.29) is 5.91 Å². The van der Waals surface area contributed by atoms with Crippen LogP contribution in [0.2, 0.25) is 0 Å². The first-order valence-electron chi connectivity index (χ1n) is 8.86. The summed E-state index contributed by atoms with van der Waals surface area (Å²) in [6.07, 6.45) is 3.59. The number of ether oxygens (including phenoxy) is 3. The largest absolute Gasteiger partial charge is 0.493 e. The average molecular weight is 372 g/mol. The van der Waals surface area contributed by atoms with Crippen molar-refractivity contribution < 1.29 is 19.0 Å². The lowest BCUT2D eigenvalue weighted by Gasteiger charge is -2.27. The van der Waals surface area contributed by atoms with Crippen molar-refractivity contribution >= 4 is 17.5 Å². The van der Waals surface area contributed by atoms with Gasteiger partial charge < -0.3 is 24.4 Å². The van der Waals surface area contributed by atoms with E-state index in [1.165, 1.54) is 40.6 Å². The van der Waals surface area contributed by atoms with Crippen molar-refractivity contribution in [3.05, 3.63) is 29.8 Å². The van der Waals surface area contributed by atoms with Gasteiger partial charge in [-0.2, -0.15) is 0 Å². The molecule has 1 saturated heterocycles. The molecule has 8 heteroatoms. The summed E-state index contributed by atoms with van der Waals surface area (Å²) < 4.78 is 15.8. The number of aromatic nitrogens is 2. The minimum atomic E-state index is -0.339. The summed E-state index contributed by atoms with van der Waals surface area (Å²) in [5.74, 6) is 2.13. The van der Waals surface area contributed by atoms with Gasteiger partial charge in [0.25, 0.3) is 5.91 Å². The molecule has 0 aliphatic carbocycles. The number of benzene rings is 1. The van der Waals surface area contributed by atoms with Crippen LogP contribution in [0.1, 0.15) is 29.6 Å². The van der Waals surface area contributed by atoms with Gasteiger partial charge in [-0.15, -0.1) is 10.2 Å². The molecule has 1 fully saturated rings. The fourth-order valence-electron chi connectivity index (χ4n) is 3.08. The van der Waals surface area contributed by atoms with E-state index in [1.807, 2.05) is 6.07 Å². The highest BCUT2D eigenvalue weighted by Crippen LogP contribution is 2.38. The van der Waals surface area contributed by atoms with Crippen LogP contribution >= 0.6 is 0 Å². The third-order valence-electron chi connectivity index (χ3n) is 4.50. The van der Waals surface area contributed by atoms with E-state index >= 15 is 0 Å². The van der Waals surface area contributed by atoms with Gasteiger partial charge in [-0.05, 0) is 43.5 Å². The number of amides is 1. The summed E-state index contributed by atoms with van der Waals surface area (Å²) in [6, 6.07) is 6.81. The Morgan fingerprint density at radius 3 is 2.15 bits per heavy atom. The van der Waals surface area contributed by atoms with Gasteiger partial charge in [0.1, 0.15) is 0 Å². The van der Waals surface area contributed by atoms with Crippen molar-refractivity contribution in [1.29, 1.82) is 0 Å². The summed E-state index contributed by atoms with van der Waals surface area (Å²) in [5, 5.41) is 11.1. The second kappa shape index (κ2) is 8.57. The number of rotatable bonds is 6. The van der Waals surface area contributed by atoms with Crippen LogP contribution in [-0.2, 0) is 0 Å². The summed E-state index contributed by atoms with van der Waals surface area (Å²) in [7, 11) is 4.52. The Balaban J connectivity index is 1.75. The van der Waals surface area contributed by atoms with Crippen molar-refractivity contribution in [3.63, 3.8) is 0 Å². The third kappa shape index (κ3) is 4.21. The van der Waals surface area contributed by atoms with Crippen LogP contribution in [0, 0.1) is 0 Å². The first-order valence-corrected chi connectivity index (χ1v) is 8.86. The molecule has 0 unspecified atom stereocenters. The Hall–Kier alpha value is -3.03. The van der Waals surface area contributed by atoms with E-state index in [1.54, 1.807) is 18.2 Å². The van der Waals surface area contributed by atoms with Crippen LogP contribution < -0.4 is 24.4 Å². The highest BCUT2D eigenvalue weighted by molar-refractivity contribution is 6.04. The number of nitrogens with one attached hydrogen (secondary N) is 1. The van der Waals surface area contributed by atoms with E-state index < -0.39 is 0 Å². The van der Waals surface area contributed by atoms with Crippen molar-refractivity contribution in [1.82, 2.24) is 10.2 Å². The molecule has 1 amide bonds. The molecule has 0 saturated carbocycles. The number of carbonyl (C=O) groups excluding carboxylic acids is 1. The molecule has 27 heavy (non-hydrogen) atoms. The molecule has 2 heterocycles. The van der Waals surface area contributed by atoms with Gasteiger partial charge in [-0.1, -0.05) is 0 Å². The summed E-state index contributed by atoms with van der Waals surface area (Å²) in [6.45, 7) is 1.98. The molecule has 0 bridgehead atoms. The summed E-state index contributed by atoms with van der Waals surface area (Å²) >= 11 is 0. The summed E-state index contributed by atoms with van der Waals surface area (Å²) in [5.41, 5.74) is 0.367. The molecule has 2 aromatic rings. The van der Waals surface area contributed by atoms with Crippen LogP contribution in [0.15, 0.2) is 24.3 Å². The second-order valence-corrected chi connectivity index (χ2v) is 6.19. The lowest BCUT2D eigenvalue weighted by atomic mass is 10.1. The van der Waals surface area contributed by atoms with E-state index in [0.29, 0.717) is 28.6 Å². The maximum atomic E-state index is 12.6. The molecule has 1 aliphatic rings. The molecule has 1 aliphatic heterocycles. The molecule has 0 atom stereocenters. The van der Waals surface area contributed by atoms with Crippen molar-refractivity contribution in [2.45, 2.75) is 19.3 Å². The Labute approximate surface area is 158 Å². The molecular formula is C19H24N4O4. The van der Waals surface area contributed by atoms with E-state index in [0.717, 1.165) is 18.9 Å². The second-order valence-electron chi connectivity index (χ2n) is 6.19. The highest BCUT2D eigenvalue weighted by Gasteiger charge is 2.18. The van der Waals surface area contributed by atoms with E-state index in [2.05, 4.69) is 20.4 Å². The SMILES string of the molecule is COc1cc(C(=O)Nc2ccc(N3CCCCC3)nn2)cc(OC)c1OC. The van der Waals surface area contributed by atoms with Crippen molar-refractivity contribution in [2.75, 3.05) is 44.6 Å². The standard InChI is InChI=1S/C19H24N4O4/c1-25-14-11-13(12-15(26-2)18(14)27-3)19(24)20-16-7-8-17(22-21-16)23-9-5-4-6-10-23/h7-8,11-12H,4-6,9-10H2,1-3H3,(H,20,21,24). The zero-order chi connectivity index (χ0) is 19.2. The predicted octanol–water partition coefficient (Wildman–Crippen LogP) is 2.75. The van der Waals surface area contributed by atoms with Crippen molar-refractivity contribution in [3.8, 4) is 17.2 Å². The van der Waals surface area contributed by atoms with Crippen LogP contribution in [0.4, 0.5) is 11.6 Å². The highest BCUT2D eigenvalue weighted by atomic mass is 16.5. The average Bonchev–Trinajstić information content (AvgIpc) is 2.73. The molecular weight excluding hydrogens is 348 g/mol. The minimum Gasteiger partial charge on any atom is -0.493 e. The fourth-order valence-corrected chi connectivity index (χ4v) is 3.08. The number of anilines is 2. The summed E-state index contributed by atoms with van der Waals surface area (Å²) in [4.78, 5) is 14.8. The number of hydrogen-bond donors (Lipinski definition) is 1. The third-order valence-corrected chi connectivity index (χ3v) is 4.50. The smallest absolute Gasteiger partial charge is 0.257 e. The maximum Gasteiger partial charge on any atom is 0.257 e. The first kappa shape index (κ1) is 18.8. The number of carbonyl (C=O) groups is 1. The van der Waals surface area contributed by atoms with Crippen LogP contribution in [0.5, 0.6) is 17.2 Å². The normalized spacial score (nSPS) is 13.8. The van der Waals surface area contributed by atoms with Gasteiger partial charge in [-0.3, -0.25) is 4.79 Å². The van der Waals surface area contributed by atoms with Gasteiger partial charge in [0.2, 0.25) is 5.75 Å². The monoisotopic (exact) mass is 372 g/mol. The zero-order valence-corrected chi connectivity index (χ0v) is 15.8. The fraction of sp³-hybridized carbons (Fsp3) is 0.421. The molecule has 144 valence electrons. The predicted molar refractivity (Wildman–Crippen MR) is 102 cm³/mol. The molecule has 1 N–H and O–H groups in total. The van der Waals surface area contributed by atoms with Gasteiger partial charge in [0.05, 0.1) is 21.3 Å². The topological polar surface area (TPSA) is 85.8 Å².